The van der Waals surface area contributed by atoms with Gasteiger partial charge >= 0.3 is 0 Å². The second kappa shape index (κ2) is 11.0. The Balaban J connectivity index is 1.31. The summed E-state index contributed by atoms with van der Waals surface area (Å²) in [5.41, 5.74) is 3.20. The van der Waals surface area contributed by atoms with Gasteiger partial charge in [-0.15, -0.1) is 0 Å². The molecule has 0 spiro atoms. The van der Waals surface area contributed by atoms with Crippen LogP contribution in [0, 0.1) is 0 Å². The van der Waals surface area contributed by atoms with Crippen molar-refractivity contribution < 1.29 is 19.1 Å². The van der Waals surface area contributed by atoms with Crippen LogP contribution in [0.2, 0.25) is 5.02 Å². The topological polar surface area (TPSA) is 62.3 Å². The molecule has 0 unspecified atom stereocenters. The fourth-order valence-electron chi connectivity index (χ4n) is 4.64. The molecule has 0 aliphatic carbocycles. The van der Waals surface area contributed by atoms with Crippen LogP contribution in [0.5, 0.6) is 11.5 Å². The SMILES string of the molecule is COc1ccc(/C=C2\Sc3ccc(C(=O)N4CCN(c5cccc(Cl)c5)CC4)cc3N(C)C2=O)cc1OC. The Morgan fingerprint density at radius 2 is 1.71 bits per heavy atom. The molecular weight excluding hydrogens is 522 g/mol. The summed E-state index contributed by atoms with van der Waals surface area (Å²) in [7, 11) is 4.90. The third-order valence-electron chi connectivity index (χ3n) is 6.75. The predicted octanol–water partition coefficient (Wildman–Crippen LogP) is 5.43. The summed E-state index contributed by atoms with van der Waals surface area (Å²) in [5.74, 6) is 1.07. The molecule has 1 fully saturated rings. The minimum atomic E-state index is -0.128. The Bertz CT molecular complexity index is 1420. The van der Waals surface area contributed by atoms with E-state index in [1.54, 1.807) is 26.2 Å². The van der Waals surface area contributed by atoms with Crippen LogP contribution in [-0.2, 0) is 4.79 Å². The number of ether oxygens (including phenoxy) is 2. The highest BCUT2D eigenvalue weighted by molar-refractivity contribution is 8.04. The number of thioether (sulfide) groups is 1. The lowest BCUT2D eigenvalue weighted by Gasteiger charge is -2.36. The van der Waals surface area contributed by atoms with E-state index in [0.29, 0.717) is 40.1 Å². The molecule has 0 radical (unpaired) electrons. The molecule has 3 aromatic rings. The van der Waals surface area contributed by atoms with Crippen LogP contribution in [-0.4, -0.2) is 64.2 Å². The number of fused-ring (bicyclic) bond motifs is 1. The van der Waals surface area contributed by atoms with Gasteiger partial charge in [0, 0.05) is 54.4 Å². The number of amides is 2. The standard InChI is InChI=1S/C29H28ClN3O4S/c1-31-23-17-20(28(34)33-13-11-32(12-14-33)22-6-4-5-21(30)18-22)8-10-26(23)38-27(29(31)35)16-19-7-9-24(36-2)25(15-19)37-3/h4-10,15-18H,11-14H2,1-3H3/b27-16-. The second-order valence-corrected chi connectivity index (χ2v) is 10.6. The van der Waals surface area contributed by atoms with Gasteiger partial charge in [0.25, 0.3) is 11.8 Å². The maximum absolute atomic E-state index is 13.3. The molecule has 2 aliphatic rings. The first-order valence-electron chi connectivity index (χ1n) is 12.2. The highest BCUT2D eigenvalue weighted by Gasteiger charge is 2.29. The zero-order valence-corrected chi connectivity index (χ0v) is 23.0. The van der Waals surface area contributed by atoms with Crippen LogP contribution in [0.25, 0.3) is 6.08 Å². The Morgan fingerprint density at radius 1 is 0.947 bits per heavy atom. The van der Waals surface area contributed by atoms with Gasteiger partial charge in [-0.1, -0.05) is 35.5 Å². The lowest BCUT2D eigenvalue weighted by Crippen LogP contribution is -2.48. The Hall–Kier alpha value is -3.62. The Morgan fingerprint density at radius 3 is 2.42 bits per heavy atom. The van der Waals surface area contributed by atoms with E-state index in [2.05, 4.69) is 4.90 Å². The lowest BCUT2D eigenvalue weighted by atomic mass is 10.1. The predicted molar refractivity (Wildman–Crippen MR) is 153 cm³/mol. The molecule has 5 rings (SSSR count). The zero-order chi connectivity index (χ0) is 26.8. The molecule has 0 bridgehead atoms. The van der Waals surface area contributed by atoms with E-state index in [1.165, 1.54) is 11.8 Å². The van der Waals surface area contributed by atoms with Crippen molar-refractivity contribution in [1.82, 2.24) is 4.90 Å². The first-order valence-corrected chi connectivity index (χ1v) is 13.4. The van der Waals surface area contributed by atoms with Crippen molar-refractivity contribution in [3.8, 4) is 11.5 Å². The molecule has 7 nitrogen and oxygen atoms in total. The molecule has 0 aromatic heterocycles. The molecule has 2 heterocycles. The van der Waals surface area contributed by atoms with E-state index in [9.17, 15) is 9.59 Å². The summed E-state index contributed by atoms with van der Waals surface area (Å²) in [6, 6.07) is 18.9. The minimum absolute atomic E-state index is 0.0314. The van der Waals surface area contributed by atoms with Gasteiger partial charge in [-0.25, -0.2) is 0 Å². The average molecular weight is 550 g/mol. The molecule has 2 amide bonds. The van der Waals surface area contributed by atoms with Crippen molar-refractivity contribution in [2.24, 2.45) is 0 Å². The summed E-state index contributed by atoms with van der Waals surface area (Å²) in [4.78, 5) is 33.8. The minimum Gasteiger partial charge on any atom is -0.493 e. The number of anilines is 2. The summed E-state index contributed by atoms with van der Waals surface area (Å²) < 4.78 is 10.7. The lowest BCUT2D eigenvalue weighted by molar-refractivity contribution is -0.114. The van der Waals surface area contributed by atoms with Gasteiger partial charge in [0.05, 0.1) is 24.8 Å². The quantitative estimate of drug-likeness (QED) is 0.396. The van der Waals surface area contributed by atoms with Crippen LogP contribution < -0.4 is 19.3 Å². The van der Waals surface area contributed by atoms with Crippen molar-refractivity contribution in [2.75, 3.05) is 57.2 Å². The highest BCUT2D eigenvalue weighted by Crippen LogP contribution is 2.42. The number of benzene rings is 3. The number of nitrogens with zero attached hydrogens (tertiary/aromatic N) is 3. The van der Waals surface area contributed by atoms with Crippen LogP contribution >= 0.6 is 23.4 Å². The molecule has 1 saturated heterocycles. The van der Waals surface area contributed by atoms with E-state index in [0.717, 1.165) is 34.9 Å². The number of carbonyl (C=O) groups excluding carboxylic acids is 2. The average Bonchev–Trinajstić information content (AvgIpc) is 2.95. The van der Waals surface area contributed by atoms with Crippen LogP contribution in [0.4, 0.5) is 11.4 Å². The van der Waals surface area contributed by atoms with Gasteiger partial charge in [-0.05, 0) is 60.2 Å². The van der Waals surface area contributed by atoms with Gasteiger partial charge in [-0.2, -0.15) is 0 Å². The van der Waals surface area contributed by atoms with Gasteiger partial charge in [0.15, 0.2) is 11.5 Å². The third-order valence-corrected chi connectivity index (χ3v) is 8.06. The number of methoxy groups -OCH3 is 2. The summed E-state index contributed by atoms with van der Waals surface area (Å²) in [6.07, 6.45) is 1.84. The fraction of sp³-hybridized carbons (Fsp3) is 0.241. The van der Waals surface area contributed by atoms with E-state index in [4.69, 9.17) is 21.1 Å². The first-order chi connectivity index (χ1) is 18.4. The van der Waals surface area contributed by atoms with Crippen LogP contribution in [0.1, 0.15) is 15.9 Å². The largest absolute Gasteiger partial charge is 0.493 e. The third kappa shape index (κ3) is 5.19. The summed E-state index contributed by atoms with van der Waals surface area (Å²) in [6.45, 7) is 2.69. The molecule has 9 heteroatoms. The van der Waals surface area contributed by atoms with Gasteiger partial charge in [0.2, 0.25) is 0 Å². The molecule has 2 aliphatic heterocycles. The highest BCUT2D eigenvalue weighted by atomic mass is 35.5. The Kier molecular flexibility index (Phi) is 7.53. The van der Waals surface area contributed by atoms with Crippen molar-refractivity contribution >= 4 is 52.6 Å². The number of likely N-dealkylation sites (N-methyl/N-ethyl adjacent to an activating group) is 1. The van der Waals surface area contributed by atoms with Crippen molar-refractivity contribution in [2.45, 2.75) is 4.90 Å². The molecule has 0 N–H and O–H groups in total. The maximum Gasteiger partial charge on any atom is 0.264 e. The Labute approximate surface area is 231 Å². The zero-order valence-electron chi connectivity index (χ0n) is 21.4. The molecule has 0 saturated carbocycles. The summed E-state index contributed by atoms with van der Waals surface area (Å²) >= 11 is 7.54. The van der Waals surface area contributed by atoms with E-state index in [1.807, 2.05) is 71.6 Å². The monoisotopic (exact) mass is 549 g/mol. The molecular formula is C29H28ClN3O4S. The van der Waals surface area contributed by atoms with Gasteiger partial charge < -0.3 is 24.2 Å². The van der Waals surface area contributed by atoms with E-state index >= 15 is 0 Å². The smallest absolute Gasteiger partial charge is 0.264 e. The summed E-state index contributed by atoms with van der Waals surface area (Å²) in [5, 5.41) is 0.702. The number of hydrogen-bond acceptors (Lipinski definition) is 6. The van der Waals surface area contributed by atoms with E-state index in [-0.39, 0.29) is 11.8 Å². The number of carbonyl (C=O) groups is 2. The molecule has 196 valence electrons. The van der Waals surface area contributed by atoms with Gasteiger partial charge in [-0.3, -0.25) is 9.59 Å². The van der Waals surface area contributed by atoms with Crippen LogP contribution in [0.15, 0.2) is 70.5 Å². The van der Waals surface area contributed by atoms with E-state index < -0.39 is 0 Å². The van der Waals surface area contributed by atoms with Gasteiger partial charge in [0.1, 0.15) is 0 Å². The first kappa shape index (κ1) is 26.0. The fourth-order valence-corrected chi connectivity index (χ4v) is 5.92. The molecule has 3 aromatic carbocycles. The van der Waals surface area contributed by atoms with Crippen molar-refractivity contribution in [1.29, 1.82) is 0 Å². The second-order valence-electron chi connectivity index (χ2n) is 9.03. The van der Waals surface area contributed by atoms with Crippen molar-refractivity contribution in [3.05, 3.63) is 81.7 Å². The van der Waals surface area contributed by atoms with Crippen LogP contribution in [0.3, 0.4) is 0 Å². The van der Waals surface area contributed by atoms with Crippen molar-refractivity contribution in [3.63, 3.8) is 0 Å². The maximum atomic E-state index is 13.3. The molecule has 0 atom stereocenters. The number of halogens is 1. The number of hydrogen-bond donors (Lipinski definition) is 0. The normalized spacial score (nSPS) is 16.5. The number of rotatable bonds is 5. The number of piperazine rings is 1. The molecule has 38 heavy (non-hydrogen) atoms.